The van der Waals surface area contributed by atoms with Gasteiger partial charge in [0.15, 0.2) is 0 Å². The maximum Gasteiger partial charge on any atom is 0.337 e. The van der Waals surface area contributed by atoms with Gasteiger partial charge in [-0.15, -0.1) is 0 Å². The van der Waals surface area contributed by atoms with Crippen molar-refractivity contribution < 1.29 is 23.9 Å². The number of carbonyl (C=O) groups excluding carboxylic acids is 3. The molecule has 4 rings (SSSR count). The first-order valence-corrected chi connectivity index (χ1v) is 12.9. The SMILES string of the molecule is COC(=O)c1ccc(C(=O)NNC(=O)c2ccc(-c3ccc(OCCCN4CCCCC4)cc3)cc2)cc1. The number of likely N-dealkylation sites (tertiary alicyclic amines) is 1. The van der Waals surface area contributed by atoms with E-state index in [0.29, 0.717) is 23.3 Å². The van der Waals surface area contributed by atoms with Gasteiger partial charge in [0.1, 0.15) is 5.75 Å². The second kappa shape index (κ2) is 13.4. The maximum absolute atomic E-state index is 12.5. The fourth-order valence-corrected chi connectivity index (χ4v) is 4.35. The zero-order valence-corrected chi connectivity index (χ0v) is 21.6. The van der Waals surface area contributed by atoms with E-state index in [0.717, 1.165) is 29.8 Å². The Morgan fingerprint density at radius 2 is 1.21 bits per heavy atom. The average Bonchev–Trinajstić information content (AvgIpc) is 2.98. The standard InChI is InChI=1S/C30H33N3O5/c1-37-30(36)26-12-10-25(11-13-26)29(35)32-31-28(34)24-8-6-22(7-9-24)23-14-16-27(17-15-23)38-21-5-20-33-18-3-2-4-19-33/h6-17H,2-5,18-21H2,1H3,(H,31,34)(H,32,35). The molecule has 1 fully saturated rings. The average molecular weight is 516 g/mol. The summed E-state index contributed by atoms with van der Waals surface area (Å²) in [5, 5.41) is 0. The first-order chi connectivity index (χ1) is 18.5. The summed E-state index contributed by atoms with van der Waals surface area (Å²) in [7, 11) is 1.29. The molecule has 0 spiro atoms. The number of rotatable bonds is 9. The molecule has 1 aliphatic rings. The van der Waals surface area contributed by atoms with Crippen molar-refractivity contribution in [2.45, 2.75) is 25.7 Å². The Hall–Kier alpha value is -4.17. The molecule has 0 aromatic heterocycles. The van der Waals surface area contributed by atoms with Gasteiger partial charge in [-0.05, 0) is 92.0 Å². The fraction of sp³-hybridized carbons (Fsp3) is 0.300. The molecule has 8 heteroatoms. The number of hydrazine groups is 1. The molecule has 1 heterocycles. The second-order valence-electron chi connectivity index (χ2n) is 9.18. The Kier molecular flexibility index (Phi) is 9.48. The number of ether oxygens (including phenoxy) is 2. The van der Waals surface area contributed by atoms with Gasteiger partial charge >= 0.3 is 5.97 Å². The Bertz CT molecular complexity index is 1220. The van der Waals surface area contributed by atoms with E-state index in [4.69, 9.17) is 4.74 Å². The number of benzene rings is 3. The number of piperidine rings is 1. The summed E-state index contributed by atoms with van der Waals surface area (Å²) in [6.07, 6.45) is 4.98. The van der Waals surface area contributed by atoms with E-state index in [9.17, 15) is 14.4 Å². The third-order valence-electron chi connectivity index (χ3n) is 6.53. The van der Waals surface area contributed by atoms with Crippen LogP contribution in [0.2, 0.25) is 0 Å². The van der Waals surface area contributed by atoms with E-state index < -0.39 is 17.8 Å². The lowest BCUT2D eigenvalue weighted by Crippen LogP contribution is -2.41. The first-order valence-electron chi connectivity index (χ1n) is 12.9. The van der Waals surface area contributed by atoms with Crippen LogP contribution in [-0.2, 0) is 4.74 Å². The van der Waals surface area contributed by atoms with E-state index in [1.807, 2.05) is 36.4 Å². The zero-order valence-electron chi connectivity index (χ0n) is 21.6. The highest BCUT2D eigenvalue weighted by molar-refractivity contribution is 6.00. The molecule has 38 heavy (non-hydrogen) atoms. The van der Waals surface area contributed by atoms with E-state index in [1.165, 1.54) is 63.7 Å². The Morgan fingerprint density at radius 1 is 0.711 bits per heavy atom. The normalized spacial score (nSPS) is 13.4. The smallest absolute Gasteiger partial charge is 0.337 e. The lowest BCUT2D eigenvalue weighted by molar-refractivity contribution is 0.0600. The predicted octanol–water partition coefficient (Wildman–Crippen LogP) is 4.47. The molecule has 198 valence electrons. The van der Waals surface area contributed by atoms with Crippen LogP contribution in [0.4, 0.5) is 0 Å². The van der Waals surface area contributed by atoms with Crippen LogP contribution in [0, 0.1) is 0 Å². The van der Waals surface area contributed by atoms with Gasteiger partial charge in [-0.25, -0.2) is 4.79 Å². The molecular weight excluding hydrogens is 482 g/mol. The quantitative estimate of drug-likeness (QED) is 0.248. The van der Waals surface area contributed by atoms with Crippen LogP contribution in [0.15, 0.2) is 72.8 Å². The molecule has 2 N–H and O–H groups in total. The maximum atomic E-state index is 12.5. The highest BCUT2D eigenvalue weighted by atomic mass is 16.5. The summed E-state index contributed by atoms with van der Waals surface area (Å²) in [6.45, 7) is 4.21. The van der Waals surface area contributed by atoms with Crippen molar-refractivity contribution in [3.63, 3.8) is 0 Å². The van der Waals surface area contributed by atoms with Crippen molar-refractivity contribution in [3.8, 4) is 16.9 Å². The molecule has 0 radical (unpaired) electrons. The van der Waals surface area contributed by atoms with Crippen LogP contribution in [0.1, 0.15) is 56.8 Å². The number of methoxy groups -OCH3 is 1. The molecule has 3 aromatic rings. The summed E-state index contributed by atoms with van der Waals surface area (Å²) in [4.78, 5) is 38.8. The Labute approximate surface area is 222 Å². The van der Waals surface area contributed by atoms with Crippen molar-refractivity contribution in [1.82, 2.24) is 15.8 Å². The van der Waals surface area contributed by atoms with Gasteiger partial charge in [0.25, 0.3) is 11.8 Å². The monoisotopic (exact) mass is 515 g/mol. The zero-order chi connectivity index (χ0) is 26.7. The number of carbonyl (C=O) groups is 3. The Morgan fingerprint density at radius 3 is 1.76 bits per heavy atom. The summed E-state index contributed by atoms with van der Waals surface area (Å²) >= 11 is 0. The lowest BCUT2D eigenvalue weighted by atomic mass is 10.0. The minimum Gasteiger partial charge on any atom is -0.494 e. The summed E-state index contributed by atoms with van der Waals surface area (Å²) in [6, 6.07) is 21.0. The molecule has 0 unspecified atom stereocenters. The molecule has 0 saturated carbocycles. The third-order valence-corrected chi connectivity index (χ3v) is 6.53. The second-order valence-corrected chi connectivity index (χ2v) is 9.18. The van der Waals surface area contributed by atoms with Gasteiger partial charge in [0.05, 0.1) is 19.3 Å². The van der Waals surface area contributed by atoms with Gasteiger partial charge in [0.2, 0.25) is 0 Å². The van der Waals surface area contributed by atoms with Gasteiger partial charge in [-0.2, -0.15) is 0 Å². The van der Waals surface area contributed by atoms with Crippen molar-refractivity contribution in [1.29, 1.82) is 0 Å². The Balaban J connectivity index is 1.23. The molecular formula is C30H33N3O5. The van der Waals surface area contributed by atoms with Crippen LogP contribution in [0.25, 0.3) is 11.1 Å². The number of amides is 2. The minimum absolute atomic E-state index is 0.294. The predicted molar refractivity (Wildman–Crippen MR) is 145 cm³/mol. The van der Waals surface area contributed by atoms with Gasteiger partial charge in [-0.1, -0.05) is 30.7 Å². The highest BCUT2D eigenvalue weighted by Crippen LogP contribution is 2.23. The van der Waals surface area contributed by atoms with Crippen LogP contribution >= 0.6 is 0 Å². The van der Waals surface area contributed by atoms with E-state index >= 15 is 0 Å². The van der Waals surface area contributed by atoms with Crippen LogP contribution < -0.4 is 15.6 Å². The largest absolute Gasteiger partial charge is 0.494 e. The summed E-state index contributed by atoms with van der Waals surface area (Å²) < 4.78 is 10.5. The third kappa shape index (κ3) is 7.43. The number of hydrogen-bond donors (Lipinski definition) is 2. The fourth-order valence-electron chi connectivity index (χ4n) is 4.35. The van der Waals surface area contributed by atoms with Crippen molar-refractivity contribution in [3.05, 3.63) is 89.5 Å². The molecule has 0 bridgehead atoms. The molecule has 1 saturated heterocycles. The van der Waals surface area contributed by atoms with Crippen molar-refractivity contribution >= 4 is 17.8 Å². The molecule has 8 nitrogen and oxygen atoms in total. The van der Waals surface area contributed by atoms with Gasteiger partial charge in [-0.3, -0.25) is 20.4 Å². The van der Waals surface area contributed by atoms with Crippen molar-refractivity contribution in [2.24, 2.45) is 0 Å². The van der Waals surface area contributed by atoms with E-state index in [1.54, 1.807) is 12.1 Å². The topological polar surface area (TPSA) is 97.0 Å². The molecule has 0 aliphatic carbocycles. The van der Waals surface area contributed by atoms with Crippen LogP contribution in [0.3, 0.4) is 0 Å². The highest BCUT2D eigenvalue weighted by Gasteiger charge is 2.12. The minimum atomic E-state index is -0.500. The number of nitrogens with zero attached hydrogens (tertiary/aromatic N) is 1. The number of nitrogens with one attached hydrogen (secondary N) is 2. The lowest BCUT2D eigenvalue weighted by Gasteiger charge is -2.26. The first kappa shape index (κ1) is 26.9. The molecule has 2 amide bonds. The number of esters is 1. The van der Waals surface area contributed by atoms with Crippen LogP contribution in [0.5, 0.6) is 5.75 Å². The number of hydrogen-bond acceptors (Lipinski definition) is 6. The van der Waals surface area contributed by atoms with Crippen LogP contribution in [-0.4, -0.2) is 56.0 Å². The van der Waals surface area contributed by atoms with E-state index in [-0.39, 0.29) is 0 Å². The molecule has 1 aliphatic heterocycles. The molecule has 3 aromatic carbocycles. The summed E-state index contributed by atoms with van der Waals surface area (Å²) in [5.41, 5.74) is 7.80. The van der Waals surface area contributed by atoms with Gasteiger partial charge in [0, 0.05) is 17.7 Å². The van der Waals surface area contributed by atoms with Crippen molar-refractivity contribution in [2.75, 3.05) is 33.4 Å². The summed E-state index contributed by atoms with van der Waals surface area (Å²) in [5.74, 6) is -0.583. The van der Waals surface area contributed by atoms with E-state index in [2.05, 4.69) is 20.5 Å². The van der Waals surface area contributed by atoms with Gasteiger partial charge < -0.3 is 14.4 Å². The molecule has 0 atom stereocenters.